The van der Waals surface area contributed by atoms with Gasteiger partial charge in [0, 0.05) is 15.4 Å². The van der Waals surface area contributed by atoms with Gasteiger partial charge in [0.15, 0.2) is 0 Å². The van der Waals surface area contributed by atoms with Crippen molar-refractivity contribution in [1.82, 2.24) is 0 Å². The highest BCUT2D eigenvalue weighted by Crippen LogP contribution is 2.33. The molecule has 0 aromatic heterocycles. The maximum atomic E-state index is 5.41. The van der Waals surface area contributed by atoms with E-state index in [-0.39, 0.29) is 0 Å². The largest absolute Gasteiger partial charge is 0.497 e. The minimum absolute atomic E-state index is 0.817. The average Bonchev–Trinajstić information content (AvgIpc) is 2.78. The molecule has 3 aromatic carbocycles. The summed E-state index contributed by atoms with van der Waals surface area (Å²) in [6.07, 6.45) is 0. The van der Waals surface area contributed by atoms with E-state index in [0.717, 1.165) is 43.8 Å². The fraction of sp³-hybridized carbons (Fsp3) is 0.167. The molecule has 0 aliphatic rings. The highest BCUT2D eigenvalue weighted by atomic mass is 32.2. The van der Waals surface area contributed by atoms with Crippen molar-refractivity contribution in [2.75, 3.05) is 14.2 Å². The second kappa shape index (κ2) is 9.94. The van der Waals surface area contributed by atoms with Gasteiger partial charge in [0.1, 0.15) is 11.5 Å². The molecule has 0 spiro atoms. The molecule has 0 amide bonds. The Morgan fingerprint density at radius 3 is 2.00 bits per heavy atom. The lowest BCUT2D eigenvalue weighted by Crippen LogP contribution is -1.99. The minimum atomic E-state index is 0.817. The third-order valence-electron chi connectivity index (χ3n) is 4.41. The van der Waals surface area contributed by atoms with Gasteiger partial charge in [-0.2, -0.15) is 10.2 Å². The molecule has 0 radical (unpaired) electrons. The predicted molar refractivity (Wildman–Crippen MR) is 121 cm³/mol. The zero-order chi connectivity index (χ0) is 20.6. The summed E-state index contributed by atoms with van der Waals surface area (Å²) in [5.74, 6) is 1.64. The summed E-state index contributed by atoms with van der Waals surface area (Å²) in [5, 5.41) is 8.93. The van der Waals surface area contributed by atoms with Crippen LogP contribution in [0.2, 0.25) is 0 Å². The molecule has 0 aliphatic carbocycles. The van der Waals surface area contributed by atoms with Crippen molar-refractivity contribution >= 4 is 23.2 Å². The standard InChI is InChI=1S/C24H24N2O2S/c1-17(19-10-12-20(27-3)13-11-19)25-26-18(2)23-15-14-21(28-4)16-24(23)29-22-8-6-5-7-9-22/h5-16H,1-4H3/b25-17+,26-18+. The van der Waals surface area contributed by atoms with Crippen LogP contribution in [0.15, 0.2) is 92.8 Å². The van der Waals surface area contributed by atoms with E-state index < -0.39 is 0 Å². The van der Waals surface area contributed by atoms with Crippen LogP contribution in [0.4, 0.5) is 0 Å². The summed E-state index contributed by atoms with van der Waals surface area (Å²) in [7, 11) is 3.33. The van der Waals surface area contributed by atoms with Crippen LogP contribution in [-0.2, 0) is 0 Å². The van der Waals surface area contributed by atoms with Gasteiger partial charge in [-0.1, -0.05) is 30.0 Å². The number of hydrogen-bond donors (Lipinski definition) is 0. The Bertz CT molecular complexity index is 1010. The van der Waals surface area contributed by atoms with Crippen LogP contribution in [-0.4, -0.2) is 25.6 Å². The Morgan fingerprint density at radius 2 is 1.34 bits per heavy atom. The van der Waals surface area contributed by atoms with Crippen LogP contribution >= 0.6 is 11.8 Å². The molecule has 0 heterocycles. The van der Waals surface area contributed by atoms with Crippen molar-refractivity contribution in [1.29, 1.82) is 0 Å². The molecule has 5 heteroatoms. The van der Waals surface area contributed by atoms with E-state index >= 15 is 0 Å². The molecule has 0 saturated carbocycles. The van der Waals surface area contributed by atoms with Gasteiger partial charge in [-0.3, -0.25) is 0 Å². The van der Waals surface area contributed by atoms with E-state index in [2.05, 4.69) is 22.3 Å². The Kier molecular flexibility index (Phi) is 7.09. The van der Waals surface area contributed by atoms with Crippen LogP contribution in [0.3, 0.4) is 0 Å². The highest BCUT2D eigenvalue weighted by Gasteiger charge is 2.10. The van der Waals surface area contributed by atoms with Crippen molar-refractivity contribution in [3.63, 3.8) is 0 Å². The topological polar surface area (TPSA) is 43.2 Å². The summed E-state index contributed by atoms with van der Waals surface area (Å²) in [6.45, 7) is 3.92. The summed E-state index contributed by atoms with van der Waals surface area (Å²) in [5.41, 5.74) is 3.73. The lowest BCUT2D eigenvalue weighted by Gasteiger charge is -2.11. The molecule has 0 bridgehead atoms. The molecule has 0 N–H and O–H groups in total. The van der Waals surface area contributed by atoms with Gasteiger partial charge in [-0.15, -0.1) is 0 Å². The van der Waals surface area contributed by atoms with Crippen LogP contribution in [0.25, 0.3) is 0 Å². The summed E-state index contributed by atoms with van der Waals surface area (Å²) in [4.78, 5) is 2.24. The summed E-state index contributed by atoms with van der Waals surface area (Å²) < 4.78 is 10.6. The second-order valence-electron chi connectivity index (χ2n) is 6.38. The van der Waals surface area contributed by atoms with Crippen molar-refractivity contribution in [2.45, 2.75) is 23.6 Å². The van der Waals surface area contributed by atoms with Crippen LogP contribution < -0.4 is 9.47 Å². The first-order valence-corrected chi connectivity index (χ1v) is 10.1. The van der Waals surface area contributed by atoms with E-state index in [0.29, 0.717) is 0 Å². The number of hydrogen-bond acceptors (Lipinski definition) is 5. The molecule has 29 heavy (non-hydrogen) atoms. The van der Waals surface area contributed by atoms with Gasteiger partial charge in [0.2, 0.25) is 0 Å². The van der Waals surface area contributed by atoms with E-state index in [9.17, 15) is 0 Å². The maximum absolute atomic E-state index is 5.41. The van der Waals surface area contributed by atoms with Crippen LogP contribution in [0.1, 0.15) is 25.0 Å². The molecular weight excluding hydrogens is 380 g/mol. The number of rotatable bonds is 7. The monoisotopic (exact) mass is 404 g/mol. The molecule has 4 nitrogen and oxygen atoms in total. The van der Waals surface area contributed by atoms with E-state index in [1.54, 1.807) is 26.0 Å². The van der Waals surface area contributed by atoms with Gasteiger partial charge in [0.05, 0.1) is 25.6 Å². The van der Waals surface area contributed by atoms with Crippen LogP contribution in [0, 0.1) is 0 Å². The average molecular weight is 405 g/mol. The van der Waals surface area contributed by atoms with E-state index in [4.69, 9.17) is 9.47 Å². The number of benzene rings is 3. The molecule has 0 unspecified atom stereocenters. The first-order chi connectivity index (χ1) is 14.1. The van der Waals surface area contributed by atoms with Crippen molar-refractivity contribution in [3.8, 4) is 11.5 Å². The predicted octanol–water partition coefficient (Wildman–Crippen LogP) is 6.09. The van der Waals surface area contributed by atoms with Gasteiger partial charge in [-0.25, -0.2) is 0 Å². The first kappa shape index (κ1) is 20.7. The minimum Gasteiger partial charge on any atom is -0.497 e. The molecule has 0 fully saturated rings. The molecule has 148 valence electrons. The molecule has 3 rings (SSSR count). The summed E-state index contributed by atoms with van der Waals surface area (Å²) in [6, 6.07) is 24.1. The number of ether oxygens (including phenoxy) is 2. The second-order valence-corrected chi connectivity index (χ2v) is 7.49. The quantitative estimate of drug-likeness (QED) is 0.354. The number of nitrogens with zero attached hydrogens (tertiary/aromatic N) is 2. The van der Waals surface area contributed by atoms with E-state index in [1.807, 2.05) is 74.5 Å². The Balaban J connectivity index is 1.89. The fourth-order valence-electron chi connectivity index (χ4n) is 2.72. The third-order valence-corrected chi connectivity index (χ3v) is 5.47. The molecule has 0 aliphatic heterocycles. The van der Waals surface area contributed by atoms with Gasteiger partial charge >= 0.3 is 0 Å². The molecule has 0 saturated heterocycles. The van der Waals surface area contributed by atoms with Crippen molar-refractivity contribution in [2.24, 2.45) is 10.2 Å². The summed E-state index contributed by atoms with van der Waals surface area (Å²) >= 11 is 1.68. The maximum Gasteiger partial charge on any atom is 0.120 e. The Labute approximate surface area is 176 Å². The van der Waals surface area contributed by atoms with Crippen molar-refractivity contribution in [3.05, 3.63) is 83.9 Å². The molecule has 0 atom stereocenters. The third kappa shape index (κ3) is 5.48. The van der Waals surface area contributed by atoms with Gasteiger partial charge < -0.3 is 9.47 Å². The fourth-order valence-corrected chi connectivity index (χ4v) is 3.77. The smallest absolute Gasteiger partial charge is 0.120 e. The van der Waals surface area contributed by atoms with Crippen LogP contribution in [0.5, 0.6) is 11.5 Å². The van der Waals surface area contributed by atoms with E-state index in [1.165, 1.54) is 0 Å². The zero-order valence-electron chi connectivity index (χ0n) is 17.0. The molecular formula is C24H24N2O2S. The Hall–Kier alpha value is -3.05. The van der Waals surface area contributed by atoms with Gasteiger partial charge in [0.25, 0.3) is 0 Å². The normalized spacial score (nSPS) is 12.0. The molecule has 3 aromatic rings. The van der Waals surface area contributed by atoms with Crippen molar-refractivity contribution < 1.29 is 9.47 Å². The first-order valence-electron chi connectivity index (χ1n) is 9.25. The lowest BCUT2D eigenvalue weighted by atomic mass is 10.1. The highest BCUT2D eigenvalue weighted by molar-refractivity contribution is 7.99. The zero-order valence-corrected chi connectivity index (χ0v) is 17.9. The van der Waals surface area contributed by atoms with Gasteiger partial charge in [-0.05, 0) is 74.0 Å². The Morgan fingerprint density at radius 1 is 0.724 bits per heavy atom. The number of methoxy groups -OCH3 is 2. The lowest BCUT2D eigenvalue weighted by molar-refractivity contribution is 0.413. The SMILES string of the molecule is COc1ccc(/C(C)=N/N=C(\C)c2ccc(OC)cc2Sc2ccccc2)cc1.